The van der Waals surface area contributed by atoms with Crippen LogP contribution in [-0.4, -0.2) is 3.21 Å². The summed E-state index contributed by atoms with van der Waals surface area (Å²) in [4.78, 5) is 0. The second kappa shape index (κ2) is 13.9. The Bertz CT molecular complexity index is 2120. The van der Waals surface area contributed by atoms with Crippen molar-refractivity contribution >= 4 is 15.4 Å². The molecule has 0 N–H and O–H groups in total. The van der Waals surface area contributed by atoms with Crippen molar-refractivity contribution in [1.82, 2.24) is 0 Å². The molecule has 260 valence electrons. The number of hydrogen-bond acceptors (Lipinski definition) is 0. The van der Waals surface area contributed by atoms with Crippen LogP contribution in [0.25, 0.3) is 23.3 Å². The molecule has 0 saturated heterocycles. The molecular formula is C48H50Cl2Zr. The second-order valence-electron chi connectivity index (χ2n) is 17.2. The van der Waals surface area contributed by atoms with Gasteiger partial charge in [-0.3, -0.25) is 0 Å². The van der Waals surface area contributed by atoms with Crippen LogP contribution in [0.3, 0.4) is 0 Å². The molecule has 0 heterocycles. The summed E-state index contributed by atoms with van der Waals surface area (Å²) in [5.41, 5.74) is 16.4. The average molecular weight is 789 g/mol. The molecule has 0 amide bonds. The Kier molecular flexibility index (Phi) is 10.3. The fourth-order valence-corrected chi connectivity index (χ4v) is 18.1. The van der Waals surface area contributed by atoms with Gasteiger partial charge in [-0.05, 0) is 0 Å². The van der Waals surface area contributed by atoms with Crippen molar-refractivity contribution in [1.29, 1.82) is 0 Å². The van der Waals surface area contributed by atoms with E-state index in [1.165, 1.54) is 61.2 Å². The quantitative estimate of drug-likeness (QED) is 0.199. The summed E-state index contributed by atoms with van der Waals surface area (Å²) in [6.45, 7) is 19.4. The van der Waals surface area contributed by atoms with Crippen LogP contribution in [0.4, 0.5) is 0 Å². The minimum Gasteiger partial charge on any atom is -1.00 e. The second-order valence-corrected chi connectivity index (χ2v) is 23.5. The Balaban J connectivity index is 0.00000224. The molecule has 1 unspecified atom stereocenters. The zero-order valence-electron chi connectivity index (χ0n) is 31.4. The summed E-state index contributed by atoms with van der Waals surface area (Å²) in [7, 11) is 0. The van der Waals surface area contributed by atoms with Gasteiger partial charge < -0.3 is 24.8 Å². The van der Waals surface area contributed by atoms with E-state index in [9.17, 15) is 0 Å². The van der Waals surface area contributed by atoms with Gasteiger partial charge in [0.2, 0.25) is 0 Å². The van der Waals surface area contributed by atoms with Gasteiger partial charge in [0.15, 0.2) is 0 Å². The Hall–Kier alpha value is -2.83. The van der Waals surface area contributed by atoms with E-state index in [4.69, 9.17) is 0 Å². The number of rotatable bonds is 6. The molecule has 0 fully saturated rings. The fourth-order valence-electron chi connectivity index (χ4n) is 8.88. The van der Waals surface area contributed by atoms with E-state index in [1.807, 2.05) is 0 Å². The number of fused-ring (bicyclic) bond motifs is 5. The largest absolute Gasteiger partial charge is 1.00 e. The van der Waals surface area contributed by atoms with Gasteiger partial charge in [0.25, 0.3) is 0 Å². The van der Waals surface area contributed by atoms with Gasteiger partial charge in [0, 0.05) is 0 Å². The van der Waals surface area contributed by atoms with Crippen LogP contribution < -0.4 is 24.8 Å². The Labute approximate surface area is 326 Å². The van der Waals surface area contributed by atoms with Gasteiger partial charge in [-0.1, -0.05) is 0 Å². The standard InChI is InChI=1S/C23H21.C15H14.C10H15.2ClH.Zr/c1-22(2)7-5-14-10-18-16(12-20(14)22)9-17-13-21-15(11-19(17)18)6-8-23(21,3)4;1-3-8-14(9-4-1)12-7-13-15-10-5-2-6-11-15;1-8-5-6-9(7-8)10(2,3)4;;;/h5-7,10-13H,9H2,1-4H3;1-6,8-11H,12-13H2;6-8H,1-4H3;2*1H;/q;;;;;+2/p-2. The summed E-state index contributed by atoms with van der Waals surface area (Å²) in [6, 6.07) is 32.7. The van der Waals surface area contributed by atoms with Gasteiger partial charge in [0.05, 0.1) is 0 Å². The molecule has 0 spiro atoms. The van der Waals surface area contributed by atoms with Crippen molar-refractivity contribution in [3.05, 3.63) is 160 Å². The van der Waals surface area contributed by atoms with E-state index in [0.717, 1.165) is 19.3 Å². The first-order valence-electron chi connectivity index (χ1n) is 18.3. The van der Waals surface area contributed by atoms with Gasteiger partial charge in [-0.25, -0.2) is 0 Å². The molecule has 3 heteroatoms. The molecule has 1 atom stereocenters. The number of benzene rings is 4. The van der Waals surface area contributed by atoms with Crippen molar-refractivity contribution in [3.8, 4) is 11.1 Å². The van der Waals surface area contributed by atoms with Crippen molar-refractivity contribution < 1.29 is 46.1 Å². The van der Waals surface area contributed by atoms with Crippen LogP contribution in [0.1, 0.15) is 99.9 Å². The first-order chi connectivity index (χ1) is 23.3. The van der Waals surface area contributed by atoms with Crippen LogP contribution in [0.15, 0.2) is 115 Å². The topological polar surface area (TPSA) is 0 Å². The van der Waals surface area contributed by atoms with Gasteiger partial charge in [-0.2, -0.15) is 0 Å². The predicted octanol–water partition coefficient (Wildman–Crippen LogP) is 5.98. The van der Waals surface area contributed by atoms with Gasteiger partial charge in [0.1, 0.15) is 0 Å². The van der Waals surface area contributed by atoms with E-state index in [0.29, 0.717) is 5.92 Å². The normalized spacial score (nSPS) is 18.2. The third kappa shape index (κ3) is 6.78. The van der Waals surface area contributed by atoms with Crippen LogP contribution in [-0.2, 0) is 51.4 Å². The summed E-state index contributed by atoms with van der Waals surface area (Å²) < 4.78 is 5.29. The third-order valence-corrected chi connectivity index (χ3v) is 20.5. The maximum absolute atomic E-state index is 2.69. The zero-order valence-corrected chi connectivity index (χ0v) is 35.4. The summed E-state index contributed by atoms with van der Waals surface area (Å²) in [6.07, 6.45) is 15.8. The fraction of sp³-hybridized carbons (Fsp3) is 0.312. The monoisotopic (exact) mass is 786 g/mol. The summed E-state index contributed by atoms with van der Waals surface area (Å²) in [5, 5.41) is 0. The Morgan fingerprint density at radius 2 is 1.27 bits per heavy atom. The third-order valence-electron chi connectivity index (χ3n) is 11.8. The van der Waals surface area contributed by atoms with Crippen LogP contribution in [0.5, 0.6) is 0 Å². The zero-order chi connectivity index (χ0) is 34.3. The smallest absolute Gasteiger partial charge is 1.00 e. The van der Waals surface area contributed by atoms with E-state index in [1.54, 1.807) is 9.77 Å². The number of allylic oxidation sites excluding steroid dienone is 6. The first kappa shape index (κ1) is 37.9. The number of hydrogen-bond donors (Lipinski definition) is 0. The molecule has 0 radical (unpaired) electrons. The molecule has 4 aliphatic rings. The molecule has 0 aliphatic heterocycles. The van der Waals surface area contributed by atoms with Crippen molar-refractivity contribution in [3.63, 3.8) is 0 Å². The van der Waals surface area contributed by atoms with E-state index < -0.39 is 21.3 Å². The van der Waals surface area contributed by atoms with Crippen LogP contribution >= 0.6 is 0 Å². The van der Waals surface area contributed by atoms with E-state index in [-0.39, 0.29) is 41.1 Å². The summed E-state index contributed by atoms with van der Waals surface area (Å²) >= 11 is -2.67. The molecule has 8 rings (SSSR count). The van der Waals surface area contributed by atoms with E-state index >= 15 is 0 Å². The minimum absolute atomic E-state index is 0. The molecular weight excluding hydrogens is 739 g/mol. The molecule has 0 saturated carbocycles. The van der Waals surface area contributed by atoms with Gasteiger partial charge >= 0.3 is 304 Å². The van der Waals surface area contributed by atoms with E-state index in [2.05, 4.69) is 171 Å². The van der Waals surface area contributed by atoms with Crippen LogP contribution in [0.2, 0.25) is 0 Å². The molecule has 4 aromatic carbocycles. The molecule has 51 heavy (non-hydrogen) atoms. The Morgan fingerprint density at radius 3 is 1.82 bits per heavy atom. The summed E-state index contributed by atoms with van der Waals surface area (Å²) in [5.74, 6) is 0.474. The molecule has 0 aromatic heterocycles. The van der Waals surface area contributed by atoms with Gasteiger partial charge in [-0.15, -0.1) is 0 Å². The minimum atomic E-state index is -2.67. The van der Waals surface area contributed by atoms with Crippen molar-refractivity contribution in [2.45, 2.75) is 85.5 Å². The molecule has 4 aromatic rings. The van der Waals surface area contributed by atoms with Crippen LogP contribution in [0, 0.1) is 11.3 Å². The average Bonchev–Trinajstić information content (AvgIpc) is 3.77. The van der Waals surface area contributed by atoms with Crippen molar-refractivity contribution in [2.24, 2.45) is 11.3 Å². The SMILES string of the molecule is CC1C=C(C(C)(C)C)C=[C]1[Zr+2]([C]1=Cc2cc3c(cc2C1(C)C)Cc1cc2c(cc1-3)C=CC2(C)C)=[C](Cc1ccccc1)Cc1ccccc1.[Cl-].[Cl-]. The number of halogens is 2. The molecule has 0 nitrogen and oxygen atoms in total. The molecule has 0 bridgehead atoms. The molecule has 4 aliphatic carbocycles. The predicted molar refractivity (Wildman–Crippen MR) is 208 cm³/mol. The maximum atomic E-state index is 2.69. The first-order valence-corrected chi connectivity index (χ1v) is 22.0. The Morgan fingerprint density at radius 1 is 0.725 bits per heavy atom. The maximum Gasteiger partial charge on any atom is -1.00 e. The van der Waals surface area contributed by atoms with Crippen molar-refractivity contribution in [2.75, 3.05) is 0 Å².